The molecule has 0 spiro atoms. The highest BCUT2D eigenvalue weighted by Gasteiger charge is 2.20. The summed E-state index contributed by atoms with van der Waals surface area (Å²) in [5.74, 6) is -1.43. The van der Waals surface area contributed by atoms with Crippen molar-refractivity contribution in [3.05, 3.63) is 50.1 Å². The Morgan fingerprint density at radius 3 is 2.79 bits per heavy atom. The fourth-order valence-electron chi connectivity index (χ4n) is 1.63. The Hall–Kier alpha value is -1.27. The molecular formula is C13H9BrF2O2S. The number of benzene rings is 1. The van der Waals surface area contributed by atoms with Crippen molar-refractivity contribution in [1.82, 2.24) is 0 Å². The maximum Gasteiger partial charge on any atom is 0.181 e. The smallest absolute Gasteiger partial charge is 0.181 e. The molecule has 0 saturated carbocycles. The van der Waals surface area contributed by atoms with Crippen molar-refractivity contribution in [2.24, 2.45) is 0 Å². The number of hydrogen-bond acceptors (Lipinski definition) is 3. The molecule has 0 amide bonds. The third-order valence-electron chi connectivity index (χ3n) is 2.58. The lowest BCUT2D eigenvalue weighted by molar-refractivity contribution is 0.0992. The zero-order valence-electron chi connectivity index (χ0n) is 9.88. The van der Waals surface area contributed by atoms with Crippen LogP contribution in [-0.4, -0.2) is 12.9 Å². The largest absolute Gasteiger partial charge is 0.495 e. The maximum absolute atomic E-state index is 13.8. The molecule has 1 aromatic carbocycles. The number of ketones is 1. The highest BCUT2D eigenvalue weighted by Crippen LogP contribution is 2.28. The number of Topliss-reactive ketones (excluding diaryl/α,β-unsaturated/α-hetero) is 1. The predicted octanol–water partition coefficient (Wildman–Crippen LogP) is 4.22. The number of carbonyl (C=O) groups is 1. The highest BCUT2D eigenvalue weighted by atomic mass is 79.9. The number of methoxy groups -OCH3 is 1. The molecule has 0 saturated heterocycles. The van der Waals surface area contributed by atoms with Crippen LogP contribution in [0.25, 0.3) is 0 Å². The average molecular weight is 347 g/mol. The van der Waals surface area contributed by atoms with Crippen molar-refractivity contribution in [3.8, 4) is 5.75 Å². The summed E-state index contributed by atoms with van der Waals surface area (Å²) in [6.07, 6.45) is -0.339. The lowest BCUT2D eigenvalue weighted by atomic mass is 10.1. The van der Waals surface area contributed by atoms with E-state index in [1.165, 1.54) is 24.5 Å². The number of thiophene rings is 1. The minimum Gasteiger partial charge on any atom is -0.495 e. The molecule has 0 atom stereocenters. The summed E-state index contributed by atoms with van der Waals surface area (Å²) in [5.41, 5.74) is -0.241. The van der Waals surface area contributed by atoms with Gasteiger partial charge in [-0.3, -0.25) is 4.79 Å². The standard InChI is InChI=1S/C13H9BrF2O2S/c1-18-11-4-5-19-13(11)10(17)6-7-9(15)3-2-8(14)12(7)16/h2-5H,6H2,1H3. The van der Waals surface area contributed by atoms with Gasteiger partial charge in [-0.2, -0.15) is 0 Å². The molecule has 100 valence electrons. The Bertz CT molecular complexity index is 625. The number of hydrogen-bond donors (Lipinski definition) is 0. The average Bonchev–Trinajstić information content (AvgIpc) is 2.87. The number of ether oxygens (including phenoxy) is 1. The van der Waals surface area contributed by atoms with Gasteiger partial charge in [-0.05, 0) is 39.5 Å². The van der Waals surface area contributed by atoms with E-state index in [4.69, 9.17) is 4.74 Å². The molecule has 0 unspecified atom stereocenters. The summed E-state index contributed by atoms with van der Waals surface area (Å²) in [6.45, 7) is 0. The second-order valence-electron chi connectivity index (χ2n) is 3.74. The molecule has 1 aromatic heterocycles. The number of rotatable bonds is 4. The van der Waals surface area contributed by atoms with Crippen LogP contribution < -0.4 is 4.74 Å². The van der Waals surface area contributed by atoms with E-state index >= 15 is 0 Å². The van der Waals surface area contributed by atoms with Gasteiger partial charge in [0.2, 0.25) is 0 Å². The van der Waals surface area contributed by atoms with Crippen LogP contribution in [0.4, 0.5) is 8.78 Å². The van der Waals surface area contributed by atoms with Crippen molar-refractivity contribution in [2.45, 2.75) is 6.42 Å². The van der Waals surface area contributed by atoms with E-state index in [0.717, 1.165) is 6.07 Å². The summed E-state index contributed by atoms with van der Waals surface area (Å²) in [7, 11) is 1.44. The Balaban J connectivity index is 2.32. The molecule has 2 rings (SSSR count). The van der Waals surface area contributed by atoms with Crippen molar-refractivity contribution < 1.29 is 18.3 Å². The van der Waals surface area contributed by atoms with Crippen molar-refractivity contribution in [1.29, 1.82) is 0 Å². The predicted molar refractivity (Wildman–Crippen MR) is 73.0 cm³/mol. The van der Waals surface area contributed by atoms with Gasteiger partial charge < -0.3 is 4.74 Å². The van der Waals surface area contributed by atoms with Crippen LogP contribution in [0.15, 0.2) is 28.1 Å². The monoisotopic (exact) mass is 346 g/mol. The lowest BCUT2D eigenvalue weighted by Crippen LogP contribution is -2.07. The molecule has 2 aromatic rings. The van der Waals surface area contributed by atoms with Gasteiger partial charge in [0.05, 0.1) is 11.6 Å². The molecule has 0 aliphatic heterocycles. The minimum atomic E-state index is -0.746. The molecule has 19 heavy (non-hydrogen) atoms. The van der Waals surface area contributed by atoms with Crippen LogP contribution in [0.1, 0.15) is 15.2 Å². The highest BCUT2D eigenvalue weighted by molar-refractivity contribution is 9.10. The van der Waals surface area contributed by atoms with Crippen molar-refractivity contribution in [2.75, 3.05) is 7.11 Å². The molecular weight excluding hydrogens is 338 g/mol. The Labute approximate surface area is 121 Å². The van der Waals surface area contributed by atoms with Gasteiger partial charge >= 0.3 is 0 Å². The first-order valence-electron chi connectivity index (χ1n) is 5.31. The summed E-state index contributed by atoms with van der Waals surface area (Å²) in [6, 6.07) is 4.04. The van der Waals surface area contributed by atoms with E-state index in [-0.39, 0.29) is 22.2 Å². The van der Waals surface area contributed by atoms with Gasteiger partial charge in [0.25, 0.3) is 0 Å². The normalized spacial score (nSPS) is 10.5. The van der Waals surface area contributed by atoms with Crippen LogP contribution in [-0.2, 0) is 6.42 Å². The van der Waals surface area contributed by atoms with Crippen LogP contribution in [0, 0.1) is 11.6 Å². The van der Waals surface area contributed by atoms with E-state index < -0.39 is 11.6 Å². The van der Waals surface area contributed by atoms with Gasteiger partial charge in [-0.1, -0.05) is 0 Å². The number of carbonyl (C=O) groups excluding carboxylic acids is 1. The second-order valence-corrected chi connectivity index (χ2v) is 5.51. The minimum absolute atomic E-state index is 0.134. The fraction of sp³-hybridized carbons (Fsp3) is 0.154. The SMILES string of the molecule is COc1ccsc1C(=O)Cc1c(F)ccc(Br)c1F. The summed E-state index contributed by atoms with van der Waals surface area (Å²) in [4.78, 5) is 12.4. The van der Waals surface area contributed by atoms with Gasteiger partial charge in [-0.25, -0.2) is 8.78 Å². The fourth-order valence-corrected chi connectivity index (χ4v) is 2.80. The molecule has 2 nitrogen and oxygen atoms in total. The molecule has 0 fully saturated rings. The third kappa shape index (κ3) is 2.84. The molecule has 0 radical (unpaired) electrons. The molecule has 0 aliphatic rings. The van der Waals surface area contributed by atoms with Gasteiger partial charge in [0.1, 0.15) is 22.3 Å². The van der Waals surface area contributed by atoms with Crippen LogP contribution >= 0.6 is 27.3 Å². The first kappa shape index (κ1) is 14.1. The zero-order chi connectivity index (χ0) is 14.0. The Kier molecular flexibility index (Phi) is 4.31. The molecule has 0 N–H and O–H groups in total. The van der Waals surface area contributed by atoms with E-state index in [1.54, 1.807) is 11.4 Å². The summed E-state index contributed by atoms with van der Waals surface area (Å²) in [5, 5.41) is 1.69. The van der Waals surface area contributed by atoms with E-state index in [0.29, 0.717) is 10.6 Å². The molecule has 0 aliphatic carbocycles. The first-order valence-corrected chi connectivity index (χ1v) is 6.99. The second kappa shape index (κ2) is 5.79. The summed E-state index contributed by atoms with van der Waals surface area (Å²) >= 11 is 4.16. The van der Waals surface area contributed by atoms with Gasteiger partial charge in [0, 0.05) is 12.0 Å². The third-order valence-corrected chi connectivity index (χ3v) is 4.13. The quantitative estimate of drug-likeness (QED) is 0.611. The van der Waals surface area contributed by atoms with Crippen LogP contribution in [0.2, 0.25) is 0 Å². The number of halogens is 3. The van der Waals surface area contributed by atoms with E-state index in [9.17, 15) is 13.6 Å². The molecule has 1 heterocycles. The topological polar surface area (TPSA) is 26.3 Å². The Morgan fingerprint density at radius 1 is 1.37 bits per heavy atom. The van der Waals surface area contributed by atoms with E-state index in [1.807, 2.05) is 0 Å². The summed E-state index contributed by atoms with van der Waals surface area (Å²) < 4.78 is 32.5. The van der Waals surface area contributed by atoms with Crippen LogP contribution in [0.3, 0.4) is 0 Å². The Morgan fingerprint density at radius 2 is 2.11 bits per heavy atom. The lowest BCUT2D eigenvalue weighted by Gasteiger charge is -2.06. The van der Waals surface area contributed by atoms with Crippen molar-refractivity contribution in [3.63, 3.8) is 0 Å². The maximum atomic E-state index is 13.8. The molecule has 0 bridgehead atoms. The van der Waals surface area contributed by atoms with Gasteiger partial charge in [-0.15, -0.1) is 11.3 Å². The van der Waals surface area contributed by atoms with Gasteiger partial charge in [0.15, 0.2) is 5.78 Å². The van der Waals surface area contributed by atoms with E-state index in [2.05, 4.69) is 15.9 Å². The zero-order valence-corrected chi connectivity index (χ0v) is 12.3. The van der Waals surface area contributed by atoms with Crippen molar-refractivity contribution >= 4 is 33.0 Å². The van der Waals surface area contributed by atoms with Crippen LogP contribution in [0.5, 0.6) is 5.75 Å². The first-order chi connectivity index (χ1) is 9.04. The molecule has 6 heteroatoms.